The number of nitrogens with one attached hydrogen (secondary N) is 1. The molecule has 0 spiro atoms. The second-order valence-electron chi connectivity index (χ2n) is 6.74. The van der Waals surface area contributed by atoms with Gasteiger partial charge in [0, 0.05) is 6.42 Å². The first-order chi connectivity index (χ1) is 11.1. The number of quaternary nitrogens is 1. The van der Waals surface area contributed by atoms with Crippen LogP contribution in [0.3, 0.4) is 0 Å². The van der Waals surface area contributed by atoms with E-state index in [4.69, 9.17) is 14.2 Å². The highest BCUT2D eigenvalue weighted by Gasteiger charge is 2.53. The zero-order valence-electron chi connectivity index (χ0n) is 12.7. The molecule has 23 heavy (non-hydrogen) atoms. The van der Waals surface area contributed by atoms with Crippen molar-refractivity contribution in [2.75, 3.05) is 20.4 Å². The van der Waals surface area contributed by atoms with Gasteiger partial charge in [0.05, 0.1) is 25.1 Å². The Balaban J connectivity index is 1.70. The highest BCUT2D eigenvalue weighted by atomic mass is 16.7. The lowest BCUT2D eigenvalue weighted by atomic mass is 9.74. The summed E-state index contributed by atoms with van der Waals surface area (Å²) in [6, 6.07) is 3.85. The second-order valence-corrected chi connectivity index (χ2v) is 6.74. The van der Waals surface area contributed by atoms with E-state index in [1.165, 1.54) is 10.5 Å². The molecule has 0 aromatic heterocycles. The smallest absolute Gasteiger partial charge is 0.338 e. The fourth-order valence-electron chi connectivity index (χ4n) is 4.51. The molecule has 0 saturated carbocycles. The minimum Gasteiger partial charge on any atom is -0.455 e. The molecule has 5 rings (SSSR count). The van der Waals surface area contributed by atoms with Crippen LogP contribution in [0.5, 0.6) is 11.5 Å². The number of rotatable bonds is 0. The van der Waals surface area contributed by atoms with Crippen molar-refractivity contribution >= 4 is 5.97 Å². The van der Waals surface area contributed by atoms with Gasteiger partial charge in [-0.3, -0.25) is 0 Å². The van der Waals surface area contributed by atoms with Gasteiger partial charge >= 0.3 is 5.97 Å². The van der Waals surface area contributed by atoms with Crippen LogP contribution in [0.2, 0.25) is 0 Å². The molecule has 6 heteroatoms. The molecule has 4 aliphatic rings. The third kappa shape index (κ3) is 1.73. The first-order valence-corrected chi connectivity index (χ1v) is 7.99. The minimum absolute atomic E-state index is 0.0466. The Bertz CT molecular complexity index is 743. The topological polar surface area (TPSA) is 69.4 Å². The molecular formula is C17H18NO5+. The number of benzene rings is 1. The summed E-state index contributed by atoms with van der Waals surface area (Å²) < 4.78 is 16.5. The van der Waals surface area contributed by atoms with Crippen molar-refractivity contribution in [3.63, 3.8) is 0 Å². The fourth-order valence-corrected chi connectivity index (χ4v) is 4.51. The Kier molecular flexibility index (Phi) is 2.61. The number of likely N-dealkylation sites (tertiary alicyclic amines) is 1. The van der Waals surface area contributed by atoms with E-state index in [9.17, 15) is 9.90 Å². The Morgan fingerprint density at radius 2 is 2.04 bits per heavy atom. The van der Waals surface area contributed by atoms with Crippen LogP contribution in [0, 0.1) is 0 Å². The first kappa shape index (κ1) is 13.4. The van der Waals surface area contributed by atoms with Gasteiger partial charge in [-0.2, -0.15) is 0 Å². The number of esters is 1. The van der Waals surface area contributed by atoms with Gasteiger partial charge in [0.1, 0.15) is 18.2 Å². The van der Waals surface area contributed by atoms with E-state index < -0.39 is 18.2 Å². The summed E-state index contributed by atoms with van der Waals surface area (Å²) >= 11 is 0. The lowest BCUT2D eigenvalue weighted by Crippen LogP contribution is -3.11. The van der Waals surface area contributed by atoms with Crippen LogP contribution in [0.1, 0.15) is 28.3 Å². The molecule has 1 saturated heterocycles. The summed E-state index contributed by atoms with van der Waals surface area (Å²) in [6.45, 7) is 1.20. The van der Waals surface area contributed by atoms with E-state index in [0.29, 0.717) is 17.1 Å². The standard InChI is InChI=1S/C17H17NO5/c1-18-3-2-8-4-11(19)16-14(15(8)18)9-5-12-13(22-7-21-12)6-10(9)17(20)23-16/h4-6,11,14-16,19H,2-3,7H2,1H3/p+1/t11-,14+,15+,16+/m1/s1. The Morgan fingerprint density at radius 1 is 1.26 bits per heavy atom. The van der Waals surface area contributed by atoms with Crippen molar-refractivity contribution in [3.8, 4) is 11.5 Å². The van der Waals surface area contributed by atoms with Crippen molar-refractivity contribution in [1.82, 2.24) is 0 Å². The lowest BCUT2D eigenvalue weighted by Gasteiger charge is -2.41. The van der Waals surface area contributed by atoms with Gasteiger partial charge in [-0.15, -0.1) is 0 Å². The average Bonchev–Trinajstić information content (AvgIpc) is 3.13. The van der Waals surface area contributed by atoms with E-state index in [1.54, 1.807) is 6.07 Å². The molecule has 5 atom stereocenters. The molecular weight excluding hydrogens is 298 g/mol. The van der Waals surface area contributed by atoms with Gasteiger partial charge in [-0.25, -0.2) is 4.79 Å². The Morgan fingerprint density at radius 3 is 2.87 bits per heavy atom. The SMILES string of the molecule is C[NH+]1CCC2=C[C@@H](O)[C@@H]3OC(=O)c4cc5c(cc4[C@H]3[C@H]21)OCO5. The van der Waals surface area contributed by atoms with Crippen LogP contribution in [0.15, 0.2) is 23.8 Å². The number of carbonyl (C=O) groups excluding carboxylic acids is 1. The largest absolute Gasteiger partial charge is 0.455 e. The number of aliphatic hydroxyl groups excluding tert-OH is 1. The second kappa shape index (κ2) is 4.49. The monoisotopic (exact) mass is 316 g/mol. The summed E-state index contributed by atoms with van der Waals surface area (Å²) in [4.78, 5) is 13.8. The van der Waals surface area contributed by atoms with E-state index in [1.807, 2.05) is 12.1 Å². The predicted octanol–water partition coefficient (Wildman–Crippen LogP) is -0.374. The summed E-state index contributed by atoms with van der Waals surface area (Å²) in [5.74, 6) is 0.803. The molecule has 0 amide bonds. The van der Waals surface area contributed by atoms with Crippen LogP contribution >= 0.6 is 0 Å². The molecule has 1 aromatic carbocycles. The van der Waals surface area contributed by atoms with E-state index in [2.05, 4.69) is 7.05 Å². The highest BCUT2D eigenvalue weighted by Crippen LogP contribution is 2.46. The predicted molar refractivity (Wildman–Crippen MR) is 78.8 cm³/mol. The maximum Gasteiger partial charge on any atom is 0.338 e. The van der Waals surface area contributed by atoms with Gasteiger partial charge in [-0.1, -0.05) is 0 Å². The summed E-state index contributed by atoms with van der Waals surface area (Å²) in [6.07, 6.45) is 1.58. The highest BCUT2D eigenvalue weighted by molar-refractivity contribution is 5.94. The summed E-state index contributed by atoms with van der Waals surface area (Å²) in [7, 11) is 2.16. The Hall–Kier alpha value is -2.05. The third-order valence-corrected chi connectivity index (χ3v) is 5.54. The molecule has 1 aromatic rings. The minimum atomic E-state index is -0.750. The molecule has 120 valence electrons. The van der Waals surface area contributed by atoms with Crippen molar-refractivity contribution < 1.29 is 29.0 Å². The van der Waals surface area contributed by atoms with Crippen molar-refractivity contribution in [3.05, 3.63) is 34.9 Å². The molecule has 0 radical (unpaired) electrons. The molecule has 6 nitrogen and oxygen atoms in total. The molecule has 3 heterocycles. The van der Waals surface area contributed by atoms with Crippen LogP contribution in [-0.2, 0) is 4.74 Å². The normalized spacial score (nSPS) is 36.7. The van der Waals surface area contributed by atoms with Crippen molar-refractivity contribution in [2.45, 2.75) is 30.6 Å². The molecule has 0 bridgehead atoms. The Labute approximate surface area is 133 Å². The lowest BCUT2D eigenvalue weighted by molar-refractivity contribution is -0.891. The number of carbonyl (C=O) groups is 1. The number of likely N-dealkylation sites (N-methyl/N-ethyl adjacent to an activating group) is 1. The molecule has 1 fully saturated rings. The molecule has 3 aliphatic heterocycles. The van der Waals surface area contributed by atoms with E-state index >= 15 is 0 Å². The summed E-state index contributed by atoms with van der Waals surface area (Å²) in [5, 5.41) is 10.5. The van der Waals surface area contributed by atoms with Crippen LogP contribution in [0.25, 0.3) is 0 Å². The van der Waals surface area contributed by atoms with Gasteiger partial charge in [0.25, 0.3) is 0 Å². The number of ether oxygens (including phenoxy) is 3. The summed E-state index contributed by atoms with van der Waals surface area (Å²) in [5.41, 5.74) is 2.70. The van der Waals surface area contributed by atoms with Crippen molar-refractivity contribution in [1.29, 1.82) is 0 Å². The van der Waals surface area contributed by atoms with Gasteiger partial charge in [-0.05, 0) is 29.3 Å². The van der Waals surface area contributed by atoms with Gasteiger partial charge in [0.15, 0.2) is 11.5 Å². The number of fused-ring (bicyclic) bond motifs is 6. The number of aliphatic hydroxyl groups is 1. The molecule has 1 unspecified atom stereocenters. The molecule has 1 aliphatic carbocycles. The van der Waals surface area contributed by atoms with E-state index in [-0.39, 0.29) is 18.8 Å². The fraction of sp³-hybridized carbons (Fsp3) is 0.471. The van der Waals surface area contributed by atoms with Crippen molar-refractivity contribution in [2.24, 2.45) is 0 Å². The molecule has 2 N–H and O–H groups in total. The number of hydrogen-bond acceptors (Lipinski definition) is 5. The maximum absolute atomic E-state index is 12.4. The maximum atomic E-state index is 12.4. The number of hydrogen-bond donors (Lipinski definition) is 2. The first-order valence-electron chi connectivity index (χ1n) is 7.99. The zero-order valence-corrected chi connectivity index (χ0v) is 12.7. The van der Waals surface area contributed by atoms with Crippen LogP contribution in [-0.4, -0.2) is 49.7 Å². The van der Waals surface area contributed by atoms with Gasteiger partial charge < -0.3 is 24.2 Å². The third-order valence-electron chi connectivity index (χ3n) is 5.54. The van der Waals surface area contributed by atoms with Crippen LogP contribution in [0.4, 0.5) is 0 Å². The van der Waals surface area contributed by atoms with E-state index in [0.717, 1.165) is 18.5 Å². The quantitative estimate of drug-likeness (QED) is 0.505. The zero-order chi connectivity index (χ0) is 15.7. The van der Waals surface area contributed by atoms with Gasteiger partial charge in [0.2, 0.25) is 6.79 Å². The van der Waals surface area contributed by atoms with Crippen LogP contribution < -0.4 is 14.4 Å². The average molecular weight is 316 g/mol.